The molecule has 0 aromatic heterocycles. The van der Waals surface area contributed by atoms with Crippen LogP contribution in [0.5, 0.6) is 0 Å². The summed E-state index contributed by atoms with van der Waals surface area (Å²) in [4.78, 5) is 23.9. The third-order valence-corrected chi connectivity index (χ3v) is 4.09. The highest BCUT2D eigenvalue weighted by Gasteiger charge is 2.31. The Morgan fingerprint density at radius 1 is 1.15 bits per heavy atom. The predicted octanol–water partition coefficient (Wildman–Crippen LogP) is 3.26. The average Bonchev–Trinajstić information content (AvgIpc) is 2.41. The molecule has 1 rings (SSSR count). The Kier molecular flexibility index (Phi) is 6.50. The normalized spacial score (nSPS) is 18.4. The molecule has 0 aliphatic heterocycles. The lowest BCUT2D eigenvalue weighted by molar-refractivity contribution is -0.122. The second kappa shape index (κ2) is 7.65. The van der Waals surface area contributed by atoms with E-state index in [1.807, 2.05) is 27.7 Å². The molecule has 2 amide bonds. The summed E-state index contributed by atoms with van der Waals surface area (Å²) in [5.74, 6) is 0.690. The van der Waals surface area contributed by atoms with Gasteiger partial charge in [-0.05, 0) is 24.2 Å². The Balaban J connectivity index is 2.43. The standard InChI is InChI=1S/C16H30N2O2/c1-5-13(19)14(16(2,3)4)18-15(20)17-11-12-9-7-6-8-10-12/h12,14H,5-11H2,1-4H3,(H2,17,18,20). The number of carbonyl (C=O) groups excluding carboxylic acids is 2. The van der Waals surface area contributed by atoms with Gasteiger partial charge in [0, 0.05) is 13.0 Å². The van der Waals surface area contributed by atoms with Gasteiger partial charge in [-0.1, -0.05) is 47.0 Å². The summed E-state index contributed by atoms with van der Waals surface area (Å²) in [6.45, 7) is 8.50. The molecule has 116 valence electrons. The Morgan fingerprint density at radius 2 is 1.75 bits per heavy atom. The van der Waals surface area contributed by atoms with Gasteiger partial charge in [0.2, 0.25) is 0 Å². The van der Waals surface area contributed by atoms with Crippen LogP contribution in [0.25, 0.3) is 0 Å². The molecule has 0 radical (unpaired) electrons. The summed E-state index contributed by atoms with van der Waals surface area (Å²) < 4.78 is 0. The minimum atomic E-state index is -0.418. The number of ketones is 1. The third-order valence-electron chi connectivity index (χ3n) is 4.09. The molecule has 4 heteroatoms. The number of nitrogens with one attached hydrogen (secondary N) is 2. The number of Topliss-reactive ketones (excluding diaryl/α,β-unsaturated/α-hetero) is 1. The van der Waals surface area contributed by atoms with Crippen LogP contribution >= 0.6 is 0 Å². The van der Waals surface area contributed by atoms with Crippen LogP contribution in [-0.4, -0.2) is 24.4 Å². The van der Waals surface area contributed by atoms with Crippen LogP contribution in [0.4, 0.5) is 4.79 Å². The van der Waals surface area contributed by atoms with Crippen LogP contribution in [0.1, 0.15) is 66.2 Å². The molecular weight excluding hydrogens is 252 g/mol. The van der Waals surface area contributed by atoms with Crippen LogP contribution in [0.15, 0.2) is 0 Å². The number of hydrogen-bond acceptors (Lipinski definition) is 2. The van der Waals surface area contributed by atoms with Crippen molar-refractivity contribution in [2.24, 2.45) is 11.3 Å². The smallest absolute Gasteiger partial charge is 0.315 e. The largest absolute Gasteiger partial charge is 0.338 e. The fraction of sp³-hybridized carbons (Fsp3) is 0.875. The monoisotopic (exact) mass is 282 g/mol. The SMILES string of the molecule is CCC(=O)C(NC(=O)NCC1CCCCC1)C(C)(C)C. The molecule has 0 aromatic carbocycles. The van der Waals surface area contributed by atoms with Crippen molar-refractivity contribution in [1.82, 2.24) is 10.6 Å². The average molecular weight is 282 g/mol. The summed E-state index contributed by atoms with van der Waals surface area (Å²) >= 11 is 0. The Hall–Kier alpha value is -1.06. The highest BCUT2D eigenvalue weighted by molar-refractivity contribution is 5.89. The number of carbonyl (C=O) groups is 2. The van der Waals surface area contributed by atoms with Crippen LogP contribution in [0.3, 0.4) is 0 Å². The Morgan fingerprint density at radius 3 is 2.25 bits per heavy atom. The minimum Gasteiger partial charge on any atom is -0.338 e. The van der Waals surface area contributed by atoms with E-state index in [4.69, 9.17) is 0 Å². The Labute approximate surface area is 123 Å². The van der Waals surface area contributed by atoms with Crippen LogP contribution in [0.2, 0.25) is 0 Å². The van der Waals surface area contributed by atoms with E-state index >= 15 is 0 Å². The molecule has 0 aromatic rings. The second-order valence-corrected chi connectivity index (χ2v) is 6.98. The van der Waals surface area contributed by atoms with Crippen molar-refractivity contribution in [1.29, 1.82) is 0 Å². The van der Waals surface area contributed by atoms with Crippen LogP contribution in [0, 0.1) is 11.3 Å². The highest BCUT2D eigenvalue weighted by atomic mass is 16.2. The van der Waals surface area contributed by atoms with Crippen molar-refractivity contribution < 1.29 is 9.59 Å². The lowest BCUT2D eigenvalue weighted by Gasteiger charge is -2.30. The quantitative estimate of drug-likeness (QED) is 0.813. The number of urea groups is 1. The van der Waals surface area contributed by atoms with Gasteiger partial charge in [0.25, 0.3) is 0 Å². The number of rotatable bonds is 5. The molecule has 0 spiro atoms. The van der Waals surface area contributed by atoms with Crippen molar-refractivity contribution in [2.75, 3.05) is 6.54 Å². The minimum absolute atomic E-state index is 0.0883. The van der Waals surface area contributed by atoms with Crippen molar-refractivity contribution in [2.45, 2.75) is 72.3 Å². The first-order valence-electron chi connectivity index (χ1n) is 7.91. The summed E-state index contributed by atoms with van der Waals surface area (Å²) in [5, 5.41) is 5.78. The molecule has 0 bridgehead atoms. The lowest BCUT2D eigenvalue weighted by atomic mass is 9.83. The number of hydrogen-bond donors (Lipinski definition) is 2. The topological polar surface area (TPSA) is 58.2 Å². The molecular formula is C16H30N2O2. The maximum atomic E-state index is 12.0. The van der Waals surface area contributed by atoms with Gasteiger partial charge in [0.15, 0.2) is 5.78 Å². The molecule has 0 heterocycles. The molecule has 20 heavy (non-hydrogen) atoms. The summed E-state index contributed by atoms with van der Waals surface area (Å²) in [5.41, 5.74) is -0.255. The van der Waals surface area contributed by atoms with E-state index in [2.05, 4.69) is 10.6 Å². The predicted molar refractivity (Wildman–Crippen MR) is 81.7 cm³/mol. The van der Waals surface area contributed by atoms with Crippen LogP contribution in [-0.2, 0) is 4.79 Å². The van der Waals surface area contributed by atoms with Gasteiger partial charge in [0.1, 0.15) is 0 Å². The molecule has 1 fully saturated rings. The van der Waals surface area contributed by atoms with E-state index in [0.29, 0.717) is 12.3 Å². The molecule has 1 saturated carbocycles. The molecule has 1 aliphatic rings. The van der Waals surface area contributed by atoms with Gasteiger partial charge >= 0.3 is 6.03 Å². The van der Waals surface area contributed by atoms with Gasteiger partial charge < -0.3 is 10.6 Å². The zero-order valence-corrected chi connectivity index (χ0v) is 13.4. The van der Waals surface area contributed by atoms with Crippen molar-refractivity contribution in [3.63, 3.8) is 0 Å². The fourth-order valence-electron chi connectivity index (χ4n) is 2.79. The zero-order valence-electron chi connectivity index (χ0n) is 13.4. The van der Waals surface area contributed by atoms with Crippen molar-refractivity contribution >= 4 is 11.8 Å². The van der Waals surface area contributed by atoms with Gasteiger partial charge in [-0.15, -0.1) is 0 Å². The highest BCUT2D eigenvalue weighted by Crippen LogP contribution is 2.23. The Bertz CT molecular complexity index is 328. The van der Waals surface area contributed by atoms with Gasteiger partial charge in [0.05, 0.1) is 6.04 Å². The summed E-state index contributed by atoms with van der Waals surface area (Å²) in [6.07, 6.45) is 6.72. The van der Waals surface area contributed by atoms with Crippen molar-refractivity contribution in [3.8, 4) is 0 Å². The molecule has 2 N–H and O–H groups in total. The van der Waals surface area contributed by atoms with E-state index in [9.17, 15) is 9.59 Å². The lowest BCUT2D eigenvalue weighted by Crippen LogP contribution is -2.52. The first-order valence-corrected chi connectivity index (χ1v) is 7.91. The fourth-order valence-corrected chi connectivity index (χ4v) is 2.79. The maximum absolute atomic E-state index is 12.0. The first-order chi connectivity index (χ1) is 9.34. The van der Waals surface area contributed by atoms with E-state index in [1.54, 1.807) is 0 Å². The van der Waals surface area contributed by atoms with E-state index in [1.165, 1.54) is 32.1 Å². The van der Waals surface area contributed by atoms with Crippen molar-refractivity contribution in [3.05, 3.63) is 0 Å². The van der Waals surface area contributed by atoms with Gasteiger partial charge in [-0.2, -0.15) is 0 Å². The second-order valence-electron chi connectivity index (χ2n) is 6.98. The van der Waals surface area contributed by atoms with E-state index in [-0.39, 0.29) is 17.2 Å². The number of amides is 2. The van der Waals surface area contributed by atoms with Gasteiger partial charge in [-0.3, -0.25) is 4.79 Å². The molecule has 1 unspecified atom stereocenters. The van der Waals surface area contributed by atoms with E-state index < -0.39 is 6.04 Å². The molecule has 4 nitrogen and oxygen atoms in total. The molecule has 0 saturated heterocycles. The summed E-state index contributed by atoms with van der Waals surface area (Å²) in [7, 11) is 0. The zero-order chi connectivity index (χ0) is 15.2. The first kappa shape index (κ1) is 17.0. The molecule has 1 atom stereocenters. The van der Waals surface area contributed by atoms with Gasteiger partial charge in [-0.25, -0.2) is 4.79 Å². The molecule has 1 aliphatic carbocycles. The maximum Gasteiger partial charge on any atom is 0.315 e. The van der Waals surface area contributed by atoms with E-state index in [0.717, 1.165) is 6.54 Å². The summed E-state index contributed by atoms with van der Waals surface area (Å²) in [6, 6.07) is -0.629. The third kappa shape index (κ3) is 5.51. The van der Waals surface area contributed by atoms with Crippen LogP contribution < -0.4 is 10.6 Å².